The second kappa shape index (κ2) is 2.68. The molecule has 1 fully saturated rings. The molecule has 60 valence electrons. The SMILES string of the molecule is CC(C)C1(C)OCCN1Cl. The van der Waals surface area contributed by atoms with Crippen molar-refractivity contribution in [2.75, 3.05) is 13.2 Å². The van der Waals surface area contributed by atoms with Crippen LogP contribution in [0, 0.1) is 5.92 Å². The Morgan fingerprint density at radius 1 is 1.60 bits per heavy atom. The largest absolute Gasteiger partial charge is 0.358 e. The van der Waals surface area contributed by atoms with Crippen molar-refractivity contribution in [3.8, 4) is 0 Å². The molecule has 1 rings (SSSR count). The van der Waals surface area contributed by atoms with Gasteiger partial charge in [-0.1, -0.05) is 13.8 Å². The number of hydrogen-bond acceptors (Lipinski definition) is 2. The van der Waals surface area contributed by atoms with Crippen LogP contribution < -0.4 is 0 Å². The van der Waals surface area contributed by atoms with Crippen LogP contribution in [0.5, 0.6) is 0 Å². The maximum Gasteiger partial charge on any atom is 0.134 e. The first-order valence-corrected chi connectivity index (χ1v) is 3.98. The van der Waals surface area contributed by atoms with Gasteiger partial charge in [-0.2, -0.15) is 4.42 Å². The summed E-state index contributed by atoms with van der Waals surface area (Å²) >= 11 is 5.92. The van der Waals surface area contributed by atoms with Gasteiger partial charge in [0.05, 0.1) is 6.61 Å². The molecule has 0 spiro atoms. The van der Waals surface area contributed by atoms with Gasteiger partial charge in [0.2, 0.25) is 0 Å². The van der Waals surface area contributed by atoms with Crippen molar-refractivity contribution in [2.24, 2.45) is 5.92 Å². The van der Waals surface area contributed by atoms with Gasteiger partial charge in [0, 0.05) is 6.54 Å². The zero-order valence-corrected chi connectivity index (χ0v) is 7.48. The fourth-order valence-electron chi connectivity index (χ4n) is 1.07. The standard InChI is InChI=1S/C7H14ClNO/c1-6(2)7(3)9(8)4-5-10-7/h6H,4-5H2,1-3H3. The maximum atomic E-state index is 5.92. The molecule has 1 aliphatic heterocycles. The quantitative estimate of drug-likeness (QED) is 0.547. The summed E-state index contributed by atoms with van der Waals surface area (Å²) in [5.41, 5.74) is -0.248. The third-order valence-corrected chi connectivity index (χ3v) is 2.74. The van der Waals surface area contributed by atoms with Crippen molar-refractivity contribution in [3.05, 3.63) is 0 Å². The maximum absolute atomic E-state index is 5.92. The molecular weight excluding hydrogens is 150 g/mol. The highest BCUT2D eigenvalue weighted by atomic mass is 35.5. The Morgan fingerprint density at radius 2 is 2.20 bits per heavy atom. The lowest BCUT2D eigenvalue weighted by molar-refractivity contribution is -0.0690. The molecule has 1 aliphatic rings. The Kier molecular flexibility index (Phi) is 2.23. The highest BCUT2D eigenvalue weighted by molar-refractivity contribution is 6.13. The lowest BCUT2D eigenvalue weighted by Gasteiger charge is -2.32. The molecule has 0 N–H and O–H groups in total. The lowest BCUT2D eigenvalue weighted by atomic mass is 10.0. The lowest BCUT2D eigenvalue weighted by Crippen LogP contribution is -2.41. The van der Waals surface area contributed by atoms with Crippen molar-refractivity contribution in [1.82, 2.24) is 4.42 Å². The molecule has 0 aromatic carbocycles. The van der Waals surface area contributed by atoms with E-state index in [9.17, 15) is 0 Å². The first-order valence-electron chi connectivity index (χ1n) is 3.65. The van der Waals surface area contributed by atoms with Crippen LogP contribution in [0.1, 0.15) is 20.8 Å². The number of rotatable bonds is 1. The van der Waals surface area contributed by atoms with E-state index in [-0.39, 0.29) is 5.72 Å². The molecule has 1 heterocycles. The molecule has 0 aromatic heterocycles. The molecule has 1 unspecified atom stereocenters. The number of ether oxygens (including phenoxy) is 1. The minimum atomic E-state index is -0.248. The van der Waals surface area contributed by atoms with Crippen molar-refractivity contribution in [3.63, 3.8) is 0 Å². The third kappa shape index (κ3) is 1.16. The number of halogens is 1. The van der Waals surface area contributed by atoms with Crippen LogP contribution in [0.15, 0.2) is 0 Å². The summed E-state index contributed by atoms with van der Waals surface area (Å²) < 4.78 is 7.26. The molecular formula is C7H14ClNO. The van der Waals surface area contributed by atoms with Crippen LogP contribution in [-0.4, -0.2) is 23.3 Å². The van der Waals surface area contributed by atoms with E-state index in [1.54, 1.807) is 4.42 Å². The second-order valence-electron chi connectivity index (χ2n) is 3.14. The molecule has 10 heavy (non-hydrogen) atoms. The van der Waals surface area contributed by atoms with Crippen LogP contribution in [0.2, 0.25) is 0 Å². The predicted molar refractivity (Wildman–Crippen MR) is 41.8 cm³/mol. The molecule has 2 nitrogen and oxygen atoms in total. The second-order valence-corrected chi connectivity index (χ2v) is 3.55. The van der Waals surface area contributed by atoms with Gasteiger partial charge in [-0.15, -0.1) is 0 Å². The third-order valence-electron chi connectivity index (χ3n) is 2.23. The van der Waals surface area contributed by atoms with Crippen molar-refractivity contribution in [2.45, 2.75) is 26.5 Å². The molecule has 3 heteroatoms. The smallest absolute Gasteiger partial charge is 0.134 e. The predicted octanol–water partition coefficient (Wildman–Crippen LogP) is 1.84. The Balaban J connectivity index is 2.66. The molecule has 0 bridgehead atoms. The topological polar surface area (TPSA) is 12.5 Å². The van der Waals surface area contributed by atoms with Crippen molar-refractivity contribution in [1.29, 1.82) is 0 Å². The minimum Gasteiger partial charge on any atom is -0.358 e. The normalized spacial score (nSPS) is 35.7. The first kappa shape index (κ1) is 8.31. The molecule has 0 amide bonds. The average Bonchev–Trinajstić information content (AvgIpc) is 2.15. The van der Waals surface area contributed by atoms with E-state index in [0.29, 0.717) is 5.92 Å². The van der Waals surface area contributed by atoms with E-state index < -0.39 is 0 Å². The first-order chi connectivity index (χ1) is 4.57. The van der Waals surface area contributed by atoms with E-state index in [1.807, 2.05) is 6.92 Å². The van der Waals surface area contributed by atoms with Crippen molar-refractivity contribution < 1.29 is 4.74 Å². The van der Waals surface area contributed by atoms with E-state index in [4.69, 9.17) is 16.5 Å². The highest BCUT2D eigenvalue weighted by Gasteiger charge is 2.39. The summed E-state index contributed by atoms with van der Waals surface area (Å²) in [7, 11) is 0. The van der Waals surface area contributed by atoms with Gasteiger partial charge in [0.1, 0.15) is 5.72 Å². The van der Waals surface area contributed by atoms with Gasteiger partial charge in [-0.3, -0.25) is 0 Å². The summed E-state index contributed by atoms with van der Waals surface area (Å²) in [5, 5.41) is 0. The molecule has 1 atom stereocenters. The molecule has 0 aromatic rings. The van der Waals surface area contributed by atoms with E-state index in [1.165, 1.54) is 0 Å². The van der Waals surface area contributed by atoms with Gasteiger partial charge in [0.15, 0.2) is 0 Å². The molecule has 0 saturated carbocycles. The Labute approximate surface area is 67.2 Å². The van der Waals surface area contributed by atoms with Gasteiger partial charge < -0.3 is 4.74 Å². The number of hydrogen-bond donors (Lipinski definition) is 0. The van der Waals surface area contributed by atoms with Gasteiger partial charge in [0.25, 0.3) is 0 Å². The Hall–Kier alpha value is 0.210. The van der Waals surface area contributed by atoms with Crippen LogP contribution in [0.25, 0.3) is 0 Å². The van der Waals surface area contributed by atoms with Crippen LogP contribution in [0.3, 0.4) is 0 Å². The minimum absolute atomic E-state index is 0.248. The molecule has 0 radical (unpaired) electrons. The zero-order valence-electron chi connectivity index (χ0n) is 6.72. The Bertz CT molecular complexity index is 129. The average molecular weight is 164 g/mol. The van der Waals surface area contributed by atoms with Crippen LogP contribution in [0.4, 0.5) is 0 Å². The van der Waals surface area contributed by atoms with Crippen molar-refractivity contribution >= 4 is 11.8 Å². The number of nitrogens with zero attached hydrogens (tertiary/aromatic N) is 1. The fourth-order valence-corrected chi connectivity index (χ4v) is 1.38. The van der Waals surface area contributed by atoms with E-state index in [0.717, 1.165) is 13.2 Å². The summed E-state index contributed by atoms with van der Waals surface area (Å²) in [6.45, 7) is 7.83. The summed E-state index contributed by atoms with van der Waals surface area (Å²) in [5.74, 6) is 0.438. The summed E-state index contributed by atoms with van der Waals surface area (Å²) in [6.07, 6.45) is 0. The molecule has 0 aliphatic carbocycles. The van der Waals surface area contributed by atoms with Crippen LogP contribution >= 0.6 is 11.8 Å². The van der Waals surface area contributed by atoms with E-state index in [2.05, 4.69) is 13.8 Å². The Morgan fingerprint density at radius 3 is 2.40 bits per heavy atom. The monoisotopic (exact) mass is 163 g/mol. The zero-order chi connectivity index (χ0) is 7.78. The summed E-state index contributed by atoms with van der Waals surface area (Å²) in [6, 6.07) is 0. The van der Waals surface area contributed by atoms with Crippen LogP contribution in [-0.2, 0) is 4.74 Å². The molecule has 1 saturated heterocycles. The summed E-state index contributed by atoms with van der Waals surface area (Å²) in [4.78, 5) is 0. The van der Waals surface area contributed by atoms with E-state index >= 15 is 0 Å². The van der Waals surface area contributed by atoms with Gasteiger partial charge in [-0.05, 0) is 24.6 Å². The van der Waals surface area contributed by atoms with Gasteiger partial charge >= 0.3 is 0 Å². The highest BCUT2D eigenvalue weighted by Crippen LogP contribution is 2.31. The van der Waals surface area contributed by atoms with Gasteiger partial charge in [-0.25, -0.2) is 0 Å². The fraction of sp³-hybridized carbons (Fsp3) is 1.00.